The zero-order valence-electron chi connectivity index (χ0n) is 17.3. The van der Waals surface area contributed by atoms with Gasteiger partial charge in [-0.3, -0.25) is 9.59 Å². The molecule has 0 aromatic rings. The number of rotatable bonds is 3. The van der Waals surface area contributed by atoms with Crippen molar-refractivity contribution in [2.45, 2.75) is 67.1 Å². The van der Waals surface area contributed by atoms with E-state index in [0.717, 1.165) is 0 Å². The normalized spacial score (nSPS) is 42.0. The van der Waals surface area contributed by atoms with Gasteiger partial charge in [0.2, 0.25) is 0 Å². The first-order valence-electron chi connectivity index (χ1n) is 9.69. The lowest BCUT2D eigenvalue weighted by Gasteiger charge is -2.41. The molecule has 3 aliphatic carbocycles. The first-order valence-corrected chi connectivity index (χ1v) is 9.69. The molecule has 0 aliphatic heterocycles. The SMILES string of the molecule is C/C=C(\C)C(=O)O[C@H]1C(C)(C)[C@@H]2[C@H](OC(C)=O)C[C@@H](C)[C@@]23C=CC(=O)[C@@]13C. The van der Waals surface area contributed by atoms with Crippen molar-refractivity contribution in [3.8, 4) is 0 Å². The number of carbonyl (C=O) groups excluding carboxylic acids is 3. The van der Waals surface area contributed by atoms with Gasteiger partial charge in [0, 0.05) is 29.2 Å². The summed E-state index contributed by atoms with van der Waals surface area (Å²) in [7, 11) is 0. The summed E-state index contributed by atoms with van der Waals surface area (Å²) in [5.41, 5.74) is -1.35. The zero-order valence-corrected chi connectivity index (χ0v) is 17.3. The van der Waals surface area contributed by atoms with Crippen LogP contribution < -0.4 is 0 Å². The molecule has 3 aliphatic rings. The van der Waals surface area contributed by atoms with Crippen molar-refractivity contribution in [1.82, 2.24) is 0 Å². The molecule has 148 valence electrons. The van der Waals surface area contributed by atoms with Crippen molar-refractivity contribution in [3.05, 3.63) is 23.8 Å². The largest absolute Gasteiger partial charge is 0.462 e. The van der Waals surface area contributed by atoms with Crippen LogP contribution in [0.1, 0.15) is 54.9 Å². The van der Waals surface area contributed by atoms with Gasteiger partial charge >= 0.3 is 11.9 Å². The highest BCUT2D eigenvalue weighted by Gasteiger charge is 2.80. The third-order valence-corrected chi connectivity index (χ3v) is 7.51. The predicted molar refractivity (Wildman–Crippen MR) is 101 cm³/mol. The van der Waals surface area contributed by atoms with E-state index in [9.17, 15) is 14.4 Å². The second kappa shape index (κ2) is 6.05. The van der Waals surface area contributed by atoms with E-state index in [1.807, 2.05) is 26.8 Å². The minimum absolute atomic E-state index is 0.00988. The monoisotopic (exact) mass is 374 g/mol. The van der Waals surface area contributed by atoms with Gasteiger partial charge < -0.3 is 9.47 Å². The van der Waals surface area contributed by atoms with Crippen LogP contribution in [0.2, 0.25) is 0 Å². The number of hydrogen-bond acceptors (Lipinski definition) is 5. The second-order valence-electron chi connectivity index (χ2n) is 9.17. The molecule has 1 spiro atoms. The summed E-state index contributed by atoms with van der Waals surface area (Å²) in [6.07, 6.45) is 5.16. The Morgan fingerprint density at radius 1 is 1.19 bits per heavy atom. The Labute approximate surface area is 161 Å². The smallest absolute Gasteiger partial charge is 0.333 e. The van der Waals surface area contributed by atoms with Crippen molar-refractivity contribution in [3.63, 3.8) is 0 Å². The van der Waals surface area contributed by atoms with E-state index in [1.165, 1.54) is 6.92 Å². The van der Waals surface area contributed by atoms with Crippen LogP contribution >= 0.6 is 0 Å². The maximum Gasteiger partial charge on any atom is 0.333 e. The van der Waals surface area contributed by atoms with Gasteiger partial charge in [-0.1, -0.05) is 32.9 Å². The molecule has 5 nitrogen and oxygen atoms in total. The number of hydrogen-bond donors (Lipinski definition) is 0. The van der Waals surface area contributed by atoms with Gasteiger partial charge in [0.15, 0.2) is 5.78 Å². The molecule has 0 bridgehead atoms. The highest BCUT2D eigenvalue weighted by atomic mass is 16.6. The molecular weight excluding hydrogens is 344 g/mol. The van der Waals surface area contributed by atoms with Gasteiger partial charge in [0.1, 0.15) is 12.2 Å². The van der Waals surface area contributed by atoms with Gasteiger partial charge in [0.25, 0.3) is 0 Å². The number of ether oxygens (including phenoxy) is 2. The van der Waals surface area contributed by atoms with E-state index < -0.39 is 28.3 Å². The van der Waals surface area contributed by atoms with E-state index in [2.05, 4.69) is 6.92 Å². The van der Waals surface area contributed by atoms with Gasteiger partial charge in [-0.2, -0.15) is 0 Å². The van der Waals surface area contributed by atoms with Gasteiger partial charge in [-0.15, -0.1) is 0 Å². The van der Waals surface area contributed by atoms with Crippen LogP contribution in [0, 0.1) is 28.1 Å². The van der Waals surface area contributed by atoms with E-state index in [-0.39, 0.29) is 29.7 Å². The molecule has 0 N–H and O–H groups in total. The highest BCUT2D eigenvalue weighted by Crippen LogP contribution is 2.75. The Morgan fingerprint density at radius 3 is 2.37 bits per heavy atom. The average Bonchev–Trinajstić information content (AvgIpc) is 3.06. The predicted octanol–water partition coefficient (Wildman–Crippen LogP) is 3.62. The number of carbonyl (C=O) groups is 3. The molecule has 0 saturated heterocycles. The molecule has 0 aromatic heterocycles. The molecule has 0 radical (unpaired) electrons. The van der Waals surface area contributed by atoms with Gasteiger partial charge in [-0.25, -0.2) is 4.79 Å². The molecule has 0 amide bonds. The van der Waals surface area contributed by atoms with Crippen molar-refractivity contribution < 1.29 is 23.9 Å². The summed E-state index contributed by atoms with van der Waals surface area (Å²) >= 11 is 0. The molecule has 0 unspecified atom stereocenters. The fraction of sp³-hybridized carbons (Fsp3) is 0.682. The quantitative estimate of drug-likeness (QED) is 0.557. The molecule has 2 saturated carbocycles. The maximum atomic E-state index is 13.1. The van der Waals surface area contributed by atoms with E-state index in [1.54, 1.807) is 26.0 Å². The van der Waals surface area contributed by atoms with Crippen LogP contribution in [0.15, 0.2) is 23.8 Å². The molecule has 0 aromatic carbocycles. The van der Waals surface area contributed by atoms with Crippen molar-refractivity contribution >= 4 is 17.7 Å². The number of esters is 2. The van der Waals surface area contributed by atoms with E-state index in [0.29, 0.717) is 12.0 Å². The van der Waals surface area contributed by atoms with Crippen LogP contribution in [0.4, 0.5) is 0 Å². The summed E-state index contributed by atoms with van der Waals surface area (Å²) < 4.78 is 11.7. The Bertz CT molecular complexity index is 761. The van der Waals surface area contributed by atoms with Crippen molar-refractivity contribution in [2.75, 3.05) is 0 Å². The standard InChI is InChI=1S/C22H30O5/c1-8-12(2)18(25)27-19-20(5,6)17-15(26-14(4)23)11-13(3)22(17)10-9-16(24)21(19,22)7/h8-10,13,15,17,19H,11H2,1-7H3/b12-8+/t13-,15-,17+,19+,21+,22+/m1/s1. The van der Waals surface area contributed by atoms with Crippen molar-refractivity contribution in [1.29, 1.82) is 0 Å². The lowest BCUT2D eigenvalue weighted by Crippen LogP contribution is -2.49. The third-order valence-electron chi connectivity index (χ3n) is 7.51. The summed E-state index contributed by atoms with van der Waals surface area (Å²) in [5, 5.41) is 0. The summed E-state index contributed by atoms with van der Waals surface area (Å²) in [6.45, 7) is 13.0. The Balaban J connectivity index is 2.14. The summed E-state index contributed by atoms with van der Waals surface area (Å²) in [5.74, 6) is -0.696. The Kier molecular flexibility index (Phi) is 4.44. The topological polar surface area (TPSA) is 69.7 Å². The number of ketones is 1. The Hall–Kier alpha value is -1.91. The van der Waals surface area contributed by atoms with E-state index >= 15 is 0 Å². The first-order chi connectivity index (χ1) is 12.4. The molecule has 6 atom stereocenters. The average molecular weight is 374 g/mol. The van der Waals surface area contributed by atoms with Gasteiger partial charge in [-0.05, 0) is 39.2 Å². The summed E-state index contributed by atoms with van der Waals surface area (Å²) in [4.78, 5) is 37.4. The van der Waals surface area contributed by atoms with Gasteiger partial charge in [0.05, 0.1) is 5.41 Å². The van der Waals surface area contributed by atoms with E-state index in [4.69, 9.17) is 9.47 Å². The second-order valence-corrected chi connectivity index (χ2v) is 9.17. The van der Waals surface area contributed by atoms with Crippen LogP contribution in [-0.4, -0.2) is 29.9 Å². The minimum Gasteiger partial charge on any atom is -0.462 e. The van der Waals surface area contributed by atoms with Crippen LogP contribution in [0.5, 0.6) is 0 Å². The lowest BCUT2D eigenvalue weighted by atomic mass is 9.61. The minimum atomic E-state index is -0.862. The fourth-order valence-electron chi connectivity index (χ4n) is 6.44. The molecule has 0 heterocycles. The third kappa shape index (κ3) is 2.33. The Morgan fingerprint density at radius 2 is 1.81 bits per heavy atom. The zero-order chi connectivity index (χ0) is 20.4. The fourth-order valence-corrected chi connectivity index (χ4v) is 6.44. The lowest BCUT2D eigenvalue weighted by molar-refractivity contribution is -0.164. The summed E-state index contributed by atoms with van der Waals surface area (Å²) in [6, 6.07) is 0. The molecule has 2 fully saturated rings. The molecular formula is C22H30O5. The van der Waals surface area contributed by atoms with Crippen molar-refractivity contribution in [2.24, 2.45) is 28.1 Å². The number of allylic oxidation sites excluding steroid dienone is 3. The first kappa shape index (κ1) is 19.8. The molecule has 27 heavy (non-hydrogen) atoms. The molecule has 3 rings (SSSR count). The maximum absolute atomic E-state index is 13.1. The van der Waals surface area contributed by atoms with Crippen LogP contribution in [-0.2, 0) is 23.9 Å². The highest BCUT2D eigenvalue weighted by molar-refractivity contribution is 6.00. The molecule has 5 heteroatoms. The van der Waals surface area contributed by atoms with Crippen LogP contribution in [0.25, 0.3) is 0 Å². The van der Waals surface area contributed by atoms with Crippen LogP contribution in [0.3, 0.4) is 0 Å².